The van der Waals surface area contributed by atoms with Crippen molar-refractivity contribution in [2.45, 2.75) is 39.8 Å². The molecule has 2 heterocycles. The highest BCUT2D eigenvalue weighted by Crippen LogP contribution is 2.43. The number of nitrogens with zero attached hydrogens (tertiary/aromatic N) is 2. The van der Waals surface area contributed by atoms with E-state index >= 15 is 0 Å². The minimum atomic E-state index is -4.14. The summed E-state index contributed by atoms with van der Waals surface area (Å²) in [4.78, 5) is 10.3. The SMILES string of the molecule is Cc1ccc2c(c1)c1cc(C)ccc1n2CCCCOP(=O)(O)OCCn1c2ccccc2c2ccccc21. The van der Waals surface area contributed by atoms with Crippen molar-refractivity contribution in [3.63, 3.8) is 0 Å². The van der Waals surface area contributed by atoms with Gasteiger partial charge in [0.05, 0.1) is 13.2 Å². The van der Waals surface area contributed by atoms with Crippen molar-refractivity contribution in [1.82, 2.24) is 9.13 Å². The van der Waals surface area contributed by atoms with Gasteiger partial charge in [-0.1, -0.05) is 59.7 Å². The Balaban J connectivity index is 1.05. The molecule has 6 aromatic rings. The number of rotatable bonds is 10. The van der Waals surface area contributed by atoms with Crippen molar-refractivity contribution in [1.29, 1.82) is 0 Å². The Morgan fingerprint density at radius 3 is 1.69 bits per heavy atom. The van der Waals surface area contributed by atoms with Crippen LogP contribution in [0.15, 0.2) is 84.9 Å². The second kappa shape index (κ2) is 10.6. The van der Waals surface area contributed by atoms with E-state index in [4.69, 9.17) is 9.05 Å². The molecule has 1 atom stereocenters. The fraction of sp³-hybridized carbons (Fsp3) is 0.250. The van der Waals surface area contributed by atoms with Crippen molar-refractivity contribution < 1.29 is 18.5 Å². The summed E-state index contributed by atoms with van der Waals surface area (Å²) >= 11 is 0. The Kier molecular flexibility index (Phi) is 7.05. The van der Waals surface area contributed by atoms with E-state index in [2.05, 4.69) is 83.6 Å². The lowest BCUT2D eigenvalue weighted by atomic mass is 10.1. The summed E-state index contributed by atoms with van der Waals surface area (Å²) in [7, 11) is -4.14. The van der Waals surface area contributed by atoms with Gasteiger partial charge >= 0.3 is 7.82 Å². The maximum absolute atomic E-state index is 12.6. The molecule has 7 heteroatoms. The molecule has 0 fully saturated rings. The number of aryl methyl sites for hydroxylation is 3. The summed E-state index contributed by atoms with van der Waals surface area (Å²) < 4.78 is 27.7. The lowest BCUT2D eigenvalue weighted by Gasteiger charge is -2.14. The van der Waals surface area contributed by atoms with E-state index in [1.54, 1.807) is 0 Å². The van der Waals surface area contributed by atoms with Gasteiger partial charge in [0.2, 0.25) is 0 Å². The van der Waals surface area contributed by atoms with Crippen molar-refractivity contribution >= 4 is 51.4 Å². The zero-order chi connectivity index (χ0) is 27.0. The quantitative estimate of drug-likeness (QED) is 0.141. The van der Waals surface area contributed by atoms with Crippen molar-refractivity contribution in [2.24, 2.45) is 0 Å². The van der Waals surface area contributed by atoms with Gasteiger partial charge in [0.1, 0.15) is 0 Å². The molecule has 0 aliphatic rings. The minimum absolute atomic E-state index is 0.0800. The molecule has 1 N–H and O–H groups in total. The molecule has 39 heavy (non-hydrogen) atoms. The highest BCUT2D eigenvalue weighted by atomic mass is 31.2. The standard InChI is InChI=1S/C32H33N2O4P/c1-23-13-15-31-27(21-23)28-22-24(2)14-16-32(28)33(31)17-7-8-19-37-39(35,36)38-20-18-34-29-11-5-3-9-25(29)26-10-4-6-12-30(26)34/h3-6,9-16,21-22H,7-8,17-20H2,1-2H3,(H,35,36). The highest BCUT2D eigenvalue weighted by molar-refractivity contribution is 7.47. The molecule has 0 radical (unpaired) electrons. The van der Waals surface area contributed by atoms with E-state index in [9.17, 15) is 9.46 Å². The predicted molar refractivity (Wildman–Crippen MR) is 159 cm³/mol. The summed E-state index contributed by atoms with van der Waals surface area (Å²) in [6, 6.07) is 29.5. The van der Waals surface area contributed by atoms with Crippen LogP contribution in [0.1, 0.15) is 24.0 Å². The average Bonchev–Trinajstić information content (AvgIpc) is 3.40. The Bertz CT molecular complexity index is 1740. The van der Waals surface area contributed by atoms with E-state index in [0.717, 1.165) is 34.8 Å². The van der Waals surface area contributed by atoms with Crippen LogP contribution in [0.25, 0.3) is 43.6 Å². The number of fused-ring (bicyclic) bond motifs is 6. The van der Waals surface area contributed by atoms with E-state index in [-0.39, 0.29) is 13.2 Å². The second-order valence-electron chi connectivity index (χ2n) is 10.2. The molecular formula is C32H33N2O4P. The summed E-state index contributed by atoms with van der Waals surface area (Å²) in [5.74, 6) is 0. The van der Waals surface area contributed by atoms with Gasteiger partial charge in [0, 0.05) is 56.7 Å². The third kappa shape index (κ3) is 5.13. The summed E-state index contributed by atoms with van der Waals surface area (Å²) in [5.41, 5.74) is 7.06. The molecule has 0 amide bonds. The first-order valence-corrected chi connectivity index (χ1v) is 15.0. The second-order valence-corrected chi connectivity index (χ2v) is 11.7. The molecule has 2 aromatic heterocycles. The smallest absolute Gasteiger partial charge is 0.340 e. The number of aromatic nitrogens is 2. The van der Waals surface area contributed by atoms with Gasteiger partial charge in [-0.15, -0.1) is 0 Å². The van der Waals surface area contributed by atoms with Crippen molar-refractivity contribution in [2.75, 3.05) is 13.2 Å². The van der Waals surface area contributed by atoms with Crippen LogP contribution >= 0.6 is 7.82 Å². The first-order valence-electron chi connectivity index (χ1n) is 13.5. The van der Waals surface area contributed by atoms with E-state index in [1.807, 2.05) is 24.3 Å². The van der Waals surface area contributed by atoms with Crippen LogP contribution in [0.2, 0.25) is 0 Å². The number of unbranched alkanes of at least 4 members (excludes halogenated alkanes) is 1. The minimum Gasteiger partial charge on any atom is -0.340 e. The molecule has 0 aliphatic heterocycles. The van der Waals surface area contributed by atoms with Crippen LogP contribution in [0.3, 0.4) is 0 Å². The zero-order valence-corrected chi connectivity index (χ0v) is 23.2. The number of para-hydroxylation sites is 2. The van der Waals surface area contributed by atoms with Crippen LogP contribution in [0.4, 0.5) is 0 Å². The fourth-order valence-electron chi connectivity index (χ4n) is 5.65. The molecule has 0 saturated heterocycles. The van der Waals surface area contributed by atoms with Crippen LogP contribution in [0.5, 0.6) is 0 Å². The van der Waals surface area contributed by atoms with Gasteiger partial charge in [0.25, 0.3) is 0 Å². The van der Waals surface area contributed by atoms with Gasteiger partial charge in [-0.05, 0) is 63.1 Å². The van der Waals surface area contributed by atoms with E-state index in [0.29, 0.717) is 13.0 Å². The van der Waals surface area contributed by atoms with Crippen LogP contribution in [-0.4, -0.2) is 27.2 Å². The van der Waals surface area contributed by atoms with Gasteiger partial charge in [-0.25, -0.2) is 4.57 Å². The zero-order valence-electron chi connectivity index (χ0n) is 22.3. The largest absolute Gasteiger partial charge is 0.472 e. The lowest BCUT2D eigenvalue weighted by molar-refractivity contribution is 0.144. The van der Waals surface area contributed by atoms with Gasteiger partial charge in [-0.2, -0.15) is 0 Å². The van der Waals surface area contributed by atoms with Crippen molar-refractivity contribution in [3.05, 3.63) is 96.1 Å². The molecule has 1 unspecified atom stereocenters. The first-order chi connectivity index (χ1) is 18.9. The third-order valence-electron chi connectivity index (χ3n) is 7.46. The summed E-state index contributed by atoms with van der Waals surface area (Å²) in [5, 5.41) is 4.85. The van der Waals surface area contributed by atoms with Gasteiger partial charge in [0.15, 0.2) is 0 Å². The Morgan fingerprint density at radius 2 is 1.10 bits per heavy atom. The molecule has 6 rings (SSSR count). The highest BCUT2D eigenvalue weighted by Gasteiger charge is 2.21. The third-order valence-corrected chi connectivity index (χ3v) is 8.47. The number of hydrogen-bond acceptors (Lipinski definition) is 3. The number of phosphoric acid groups is 1. The van der Waals surface area contributed by atoms with E-state index in [1.165, 1.54) is 32.9 Å². The maximum Gasteiger partial charge on any atom is 0.472 e. The molecule has 0 saturated carbocycles. The fourth-order valence-corrected chi connectivity index (χ4v) is 6.40. The molecule has 0 spiro atoms. The molecule has 200 valence electrons. The molecule has 0 aliphatic carbocycles. The number of benzene rings is 4. The molecular weight excluding hydrogens is 507 g/mol. The average molecular weight is 541 g/mol. The number of phosphoric ester groups is 1. The lowest BCUT2D eigenvalue weighted by Crippen LogP contribution is -2.06. The maximum atomic E-state index is 12.6. The van der Waals surface area contributed by atoms with Gasteiger partial charge < -0.3 is 14.0 Å². The van der Waals surface area contributed by atoms with Gasteiger partial charge in [-0.3, -0.25) is 9.05 Å². The predicted octanol–water partition coefficient (Wildman–Crippen LogP) is 8.13. The first kappa shape index (κ1) is 25.8. The van der Waals surface area contributed by atoms with E-state index < -0.39 is 7.82 Å². The normalized spacial score (nSPS) is 13.6. The topological polar surface area (TPSA) is 65.6 Å². The Hall–Kier alpha value is -3.41. The summed E-state index contributed by atoms with van der Waals surface area (Å²) in [6.45, 7) is 5.74. The number of hydrogen-bond donors (Lipinski definition) is 1. The molecule has 4 aromatic carbocycles. The van der Waals surface area contributed by atoms with Crippen LogP contribution in [-0.2, 0) is 26.7 Å². The van der Waals surface area contributed by atoms with Crippen LogP contribution < -0.4 is 0 Å². The van der Waals surface area contributed by atoms with Crippen LogP contribution in [0, 0.1) is 13.8 Å². The van der Waals surface area contributed by atoms with Crippen molar-refractivity contribution in [3.8, 4) is 0 Å². The molecule has 0 bridgehead atoms. The molecule has 6 nitrogen and oxygen atoms in total. The Morgan fingerprint density at radius 1 is 0.615 bits per heavy atom. The monoisotopic (exact) mass is 540 g/mol. The Labute approximate surface area is 228 Å². The summed E-state index contributed by atoms with van der Waals surface area (Å²) in [6.07, 6.45) is 1.47.